The molecule has 2 nitrogen and oxygen atoms in total. The molecule has 0 spiro atoms. The number of hydrogen-bond acceptors (Lipinski definition) is 2. The van der Waals surface area contributed by atoms with Crippen molar-refractivity contribution >= 4 is 0 Å². The molecule has 0 amide bonds. The highest BCUT2D eigenvalue weighted by molar-refractivity contribution is 4.80. The Labute approximate surface area is 55.1 Å². The molecule has 3 aliphatic rings. The average molecular weight is 128 g/mol. The van der Waals surface area contributed by atoms with Crippen LogP contribution in [0.3, 0.4) is 0 Å². The van der Waals surface area contributed by atoms with Crippen LogP contribution in [-0.4, -0.2) is 25.9 Å². The monoisotopic (exact) mass is 128 g/mol. The van der Waals surface area contributed by atoms with E-state index in [0.717, 1.165) is 25.7 Å². The van der Waals surface area contributed by atoms with Gasteiger partial charge in [-0.3, -0.25) is 0 Å². The second-order valence-electron chi connectivity index (χ2n) is 2.91. The summed E-state index contributed by atoms with van der Waals surface area (Å²) < 4.78 is 10.7. The fourth-order valence-corrected chi connectivity index (χ4v) is 1.47. The molecule has 2 heteroatoms. The predicted molar refractivity (Wildman–Crippen MR) is 33.3 cm³/mol. The van der Waals surface area contributed by atoms with Crippen molar-refractivity contribution in [3.63, 3.8) is 0 Å². The molecule has 0 aromatic heterocycles. The molecule has 0 N–H and O–H groups in total. The Morgan fingerprint density at radius 3 is 2.89 bits per heavy atom. The maximum Gasteiger partial charge on any atom is 0.0704 e. The first-order valence-corrected chi connectivity index (χ1v) is 3.64. The van der Waals surface area contributed by atoms with Crippen molar-refractivity contribution in [1.29, 1.82) is 0 Å². The molecule has 0 aromatic rings. The van der Waals surface area contributed by atoms with Gasteiger partial charge in [0.2, 0.25) is 0 Å². The number of ether oxygens (including phenoxy) is 2. The second kappa shape index (κ2) is 2.27. The van der Waals surface area contributed by atoms with E-state index in [2.05, 4.69) is 0 Å². The van der Waals surface area contributed by atoms with Crippen LogP contribution in [0.15, 0.2) is 0 Å². The van der Waals surface area contributed by atoms with Crippen LogP contribution in [0.5, 0.6) is 0 Å². The van der Waals surface area contributed by atoms with E-state index in [1.54, 1.807) is 0 Å². The van der Waals surface area contributed by atoms with Crippen molar-refractivity contribution < 1.29 is 9.47 Å². The first-order valence-electron chi connectivity index (χ1n) is 3.64. The molecule has 3 rings (SSSR count). The molecule has 0 unspecified atom stereocenters. The summed E-state index contributed by atoms with van der Waals surface area (Å²) in [6.07, 6.45) is 3.05. The Kier molecular flexibility index (Phi) is 1.44. The fraction of sp³-hybridized carbons (Fsp3) is 1.00. The lowest BCUT2D eigenvalue weighted by molar-refractivity contribution is -0.105. The maximum absolute atomic E-state index is 5.42. The summed E-state index contributed by atoms with van der Waals surface area (Å²) in [5.74, 6) is 0.815. The molecule has 2 aliphatic heterocycles. The summed E-state index contributed by atoms with van der Waals surface area (Å²) in [6, 6.07) is 0. The Morgan fingerprint density at radius 1 is 1.11 bits per heavy atom. The van der Waals surface area contributed by atoms with Crippen molar-refractivity contribution in [3.05, 3.63) is 0 Å². The van der Waals surface area contributed by atoms with E-state index < -0.39 is 0 Å². The molecule has 2 bridgehead atoms. The van der Waals surface area contributed by atoms with Crippen molar-refractivity contribution in [2.75, 3.05) is 19.8 Å². The van der Waals surface area contributed by atoms with Crippen LogP contribution in [0.25, 0.3) is 0 Å². The van der Waals surface area contributed by atoms with Gasteiger partial charge in [0.1, 0.15) is 0 Å². The van der Waals surface area contributed by atoms with E-state index >= 15 is 0 Å². The van der Waals surface area contributed by atoms with Gasteiger partial charge in [0, 0.05) is 6.61 Å². The molecule has 2 heterocycles. The first kappa shape index (κ1) is 5.69. The molecule has 2 saturated heterocycles. The van der Waals surface area contributed by atoms with Gasteiger partial charge >= 0.3 is 0 Å². The first-order chi connectivity index (χ1) is 4.45. The van der Waals surface area contributed by atoms with Crippen molar-refractivity contribution in [1.82, 2.24) is 0 Å². The summed E-state index contributed by atoms with van der Waals surface area (Å²) in [6.45, 7) is 2.57. The lowest BCUT2D eigenvalue weighted by atomic mass is 9.83. The molecule has 0 aromatic carbocycles. The zero-order chi connectivity index (χ0) is 6.10. The third-order valence-electron chi connectivity index (χ3n) is 2.13. The topological polar surface area (TPSA) is 18.5 Å². The van der Waals surface area contributed by atoms with Gasteiger partial charge < -0.3 is 9.47 Å². The molecule has 3 fully saturated rings. The van der Waals surface area contributed by atoms with Crippen LogP contribution >= 0.6 is 0 Å². The van der Waals surface area contributed by atoms with Crippen LogP contribution in [0.4, 0.5) is 0 Å². The van der Waals surface area contributed by atoms with E-state index in [1.807, 2.05) is 0 Å². The zero-order valence-electron chi connectivity index (χ0n) is 5.51. The molecule has 1 aliphatic carbocycles. The Balaban J connectivity index is 1.85. The number of rotatable bonds is 0. The third kappa shape index (κ3) is 1.10. The fourth-order valence-electron chi connectivity index (χ4n) is 1.47. The molecule has 52 valence electrons. The summed E-state index contributed by atoms with van der Waals surface area (Å²) in [5, 5.41) is 0. The average Bonchev–Trinajstić information content (AvgIpc) is 1.54. The van der Waals surface area contributed by atoms with E-state index in [-0.39, 0.29) is 0 Å². The van der Waals surface area contributed by atoms with E-state index in [9.17, 15) is 0 Å². The van der Waals surface area contributed by atoms with Gasteiger partial charge in [-0.05, 0) is 18.8 Å². The maximum atomic E-state index is 5.42. The molecule has 0 atom stereocenters. The van der Waals surface area contributed by atoms with Gasteiger partial charge in [-0.2, -0.15) is 0 Å². The van der Waals surface area contributed by atoms with Crippen molar-refractivity contribution in [2.24, 2.45) is 5.92 Å². The Morgan fingerprint density at radius 2 is 2.00 bits per heavy atom. The van der Waals surface area contributed by atoms with Gasteiger partial charge in [-0.15, -0.1) is 0 Å². The number of fused-ring (bicyclic) bond motifs is 4. The molecule has 0 radical (unpaired) electrons. The lowest BCUT2D eigenvalue weighted by Crippen LogP contribution is -2.37. The minimum atomic E-state index is 0.582. The SMILES string of the molecule is C1COC2CC(CO1)C2. The van der Waals surface area contributed by atoms with Gasteiger partial charge in [0.25, 0.3) is 0 Å². The summed E-state index contributed by atoms with van der Waals surface area (Å²) >= 11 is 0. The smallest absolute Gasteiger partial charge is 0.0704 e. The highest BCUT2D eigenvalue weighted by Gasteiger charge is 2.30. The predicted octanol–water partition coefficient (Wildman–Crippen LogP) is 0.812. The van der Waals surface area contributed by atoms with Crippen LogP contribution in [0.2, 0.25) is 0 Å². The van der Waals surface area contributed by atoms with Crippen LogP contribution in [0, 0.1) is 5.92 Å². The van der Waals surface area contributed by atoms with Crippen molar-refractivity contribution in [3.8, 4) is 0 Å². The minimum Gasteiger partial charge on any atom is -0.379 e. The molecule has 9 heavy (non-hydrogen) atoms. The van der Waals surface area contributed by atoms with Crippen LogP contribution in [0.1, 0.15) is 12.8 Å². The largest absolute Gasteiger partial charge is 0.379 e. The Hall–Kier alpha value is -0.0800. The summed E-state index contributed by atoms with van der Waals surface area (Å²) in [7, 11) is 0. The van der Waals surface area contributed by atoms with E-state index in [1.165, 1.54) is 12.8 Å². The standard InChI is InChI=1S/C7H12O2/c1-2-9-7-3-6(4-7)5-8-1/h6-7H,1-5H2. The highest BCUT2D eigenvalue weighted by atomic mass is 16.5. The van der Waals surface area contributed by atoms with Gasteiger partial charge in [0.15, 0.2) is 0 Å². The summed E-state index contributed by atoms with van der Waals surface area (Å²) in [5.41, 5.74) is 0. The van der Waals surface area contributed by atoms with Gasteiger partial charge in [0.05, 0.1) is 19.3 Å². The van der Waals surface area contributed by atoms with E-state index in [0.29, 0.717) is 6.10 Å². The van der Waals surface area contributed by atoms with Crippen molar-refractivity contribution in [2.45, 2.75) is 18.9 Å². The number of hydrogen-bond donors (Lipinski definition) is 0. The molecule has 1 saturated carbocycles. The van der Waals surface area contributed by atoms with Crippen LogP contribution in [-0.2, 0) is 9.47 Å². The lowest BCUT2D eigenvalue weighted by Gasteiger charge is -2.37. The van der Waals surface area contributed by atoms with Crippen LogP contribution < -0.4 is 0 Å². The normalized spacial score (nSPS) is 42.7. The third-order valence-corrected chi connectivity index (χ3v) is 2.13. The second-order valence-corrected chi connectivity index (χ2v) is 2.91. The van der Waals surface area contributed by atoms with Gasteiger partial charge in [-0.25, -0.2) is 0 Å². The molecular weight excluding hydrogens is 116 g/mol. The Bertz CT molecular complexity index is 81.6. The quantitative estimate of drug-likeness (QED) is 0.480. The van der Waals surface area contributed by atoms with Gasteiger partial charge in [-0.1, -0.05) is 0 Å². The molecular formula is C7H12O2. The minimum absolute atomic E-state index is 0.582. The zero-order valence-corrected chi connectivity index (χ0v) is 5.51. The van der Waals surface area contributed by atoms with E-state index in [4.69, 9.17) is 9.47 Å². The summed E-state index contributed by atoms with van der Waals surface area (Å²) in [4.78, 5) is 0. The highest BCUT2D eigenvalue weighted by Crippen LogP contribution is 2.31.